The number of aryl methyl sites for hydroxylation is 1. The Kier molecular flexibility index (Phi) is 4.24. The van der Waals surface area contributed by atoms with Crippen LogP contribution in [0.1, 0.15) is 30.7 Å². The van der Waals surface area contributed by atoms with Crippen molar-refractivity contribution in [2.45, 2.75) is 44.4 Å². The molecule has 24 heavy (non-hydrogen) atoms. The van der Waals surface area contributed by atoms with Crippen LogP contribution in [0.2, 0.25) is 0 Å². The molecule has 2 aliphatic heterocycles. The molecule has 6 heteroatoms. The molecule has 1 N–H and O–H groups in total. The van der Waals surface area contributed by atoms with E-state index in [1.54, 1.807) is 6.26 Å². The number of hydrogen-bond acceptors (Lipinski definition) is 6. The Bertz CT molecular complexity index is 658. The quantitative estimate of drug-likeness (QED) is 0.931. The van der Waals surface area contributed by atoms with Crippen LogP contribution in [0.5, 0.6) is 0 Å². The largest absolute Gasteiger partial charge is 0.468 e. The van der Waals surface area contributed by atoms with Crippen LogP contribution < -0.4 is 5.32 Å². The molecule has 1 spiro atoms. The number of rotatable bonds is 4. The second-order valence-electron chi connectivity index (χ2n) is 6.99. The molecule has 2 aromatic rings. The van der Waals surface area contributed by atoms with Gasteiger partial charge in [-0.3, -0.25) is 4.90 Å². The molecule has 2 saturated heterocycles. The average Bonchev–Trinajstić information content (AvgIpc) is 3.21. The maximum atomic E-state index is 6.26. The second kappa shape index (κ2) is 6.53. The predicted octanol–water partition coefficient (Wildman–Crippen LogP) is 2.61. The number of hydrogen-bond donors (Lipinski definition) is 1. The van der Waals surface area contributed by atoms with Gasteiger partial charge in [-0.25, -0.2) is 0 Å². The molecule has 2 aliphatic rings. The fourth-order valence-corrected chi connectivity index (χ4v) is 3.85. The highest BCUT2D eigenvalue weighted by molar-refractivity contribution is 5.34. The first-order valence-corrected chi connectivity index (χ1v) is 8.66. The van der Waals surface area contributed by atoms with Crippen molar-refractivity contribution in [2.24, 2.45) is 0 Å². The van der Waals surface area contributed by atoms with Gasteiger partial charge in [0, 0.05) is 13.0 Å². The van der Waals surface area contributed by atoms with Gasteiger partial charge in [-0.2, -0.15) is 5.10 Å². The molecule has 2 atom stereocenters. The lowest BCUT2D eigenvalue weighted by Gasteiger charge is -2.39. The van der Waals surface area contributed by atoms with Crippen LogP contribution in [0.25, 0.3) is 0 Å². The SMILES string of the molecule is Cc1ccc(N[C@@H]2CO[C@]3(CCCN(Cc4ccco4)C3)C2)nn1. The summed E-state index contributed by atoms with van der Waals surface area (Å²) in [5.41, 5.74) is 0.890. The maximum Gasteiger partial charge on any atom is 0.148 e. The van der Waals surface area contributed by atoms with E-state index in [1.807, 2.05) is 31.2 Å². The van der Waals surface area contributed by atoms with Crippen molar-refractivity contribution in [1.29, 1.82) is 0 Å². The van der Waals surface area contributed by atoms with Crippen LogP contribution in [0.15, 0.2) is 34.9 Å². The summed E-state index contributed by atoms with van der Waals surface area (Å²) in [6.07, 6.45) is 5.04. The van der Waals surface area contributed by atoms with Crippen molar-refractivity contribution in [3.63, 3.8) is 0 Å². The van der Waals surface area contributed by atoms with Crippen molar-refractivity contribution in [3.8, 4) is 0 Å². The molecule has 0 radical (unpaired) electrons. The molecule has 0 bridgehead atoms. The molecule has 2 aromatic heterocycles. The van der Waals surface area contributed by atoms with Crippen molar-refractivity contribution < 1.29 is 9.15 Å². The van der Waals surface area contributed by atoms with Gasteiger partial charge < -0.3 is 14.5 Å². The lowest BCUT2D eigenvalue weighted by molar-refractivity contribution is -0.0544. The minimum atomic E-state index is -0.0410. The Morgan fingerprint density at radius 3 is 3.08 bits per heavy atom. The number of likely N-dealkylation sites (tertiary alicyclic amines) is 1. The Labute approximate surface area is 142 Å². The van der Waals surface area contributed by atoms with Crippen LogP contribution in [0.3, 0.4) is 0 Å². The van der Waals surface area contributed by atoms with Gasteiger partial charge in [0.25, 0.3) is 0 Å². The Morgan fingerprint density at radius 1 is 1.33 bits per heavy atom. The van der Waals surface area contributed by atoms with Gasteiger partial charge in [0.1, 0.15) is 11.6 Å². The Balaban J connectivity index is 1.36. The minimum Gasteiger partial charge on any atom is -0.468 e. The topological polar surface area (TPSA) is 63.4 Å². The molecule has 0 aliphatic carbocycles. The zero-order valence-corrected chi connectivity index (χ0v) is 14.1. The zero-order chi connectivity index (χ0) is 16.4. The lowest BCUT2D eigenvalue weighted by Crippen LogP contribution is -2.47. The van der Waals surface area contributed by atoms with Gasteiger partial charge in [-0.15, -0.1) is 5.10 Å². The van der Waals surface area contributed by atoms with Crippen molar-refractivity contribution in [3.05, 3.63) is 42.0 Å². The van der Waals surface area contributed by atoms with E-state index in [2.05, 4.69) is 20.4 Å². The molecular formula is C18H24N4O2. The lowest BCUT2D eigenvalue weighted by atomic mass is 9.88. The summed E-state index contributed by atoms with van der Waals surface area (Å²) in [5.74, 6) is 1.85. The van der Waals surface area contributed by atoms with E-state index in [0.717, 1.165) is 62.8 Å². The number of anilines is 1. The summed E-state index contributed by atoms with van der Waals surface area (Å²) in [7, 11) is 0. The molecule has 0 amide bonds. The first-order valence-electron chi connectivity index (χ1n) is 8.66. The molecule has 128 valence electrons. The van der Waals surface area contributed by atoms with E-state index in [1.165, 1.54) is 0 Å². The highest BCUT2D eigenvalue weighted by Crippen LogP contribution is 2.36. The average molecular weight is 328 g/mol. The van der Waals surface area contributed by atoms with Gasteiger partial charge in [-0.1, -0.05) is 0 Å². The van der Waals surface area contributed by atoms with E-state index in [-0.39, 0.29) is 5.60 Å². The number of furan rings is 1. The molecule has 4 rings (SSSR count). The van der Waals surface area contributed by atoms with E-state index in [4.69, 9.17) is 9.15 Å². The van der Waals surface area contributed by atoms with E-state index in [9.17, 15) is 0 Å². The normalized spacial score (nSPS) is 27.6. The van der Waals surface area contributed by atoms with Gasteiger partial charge in [-0.05, 0) is 50.6 Å². The fourth-order valence-electron chi connectivity index (χ4n) is 3.85. The number of aromatic nitrogens is 2. The van der Waals surface area contributed by atoms with Gasteiger partial charge in [0.2, 0.25) is 0 Å². The molecule has 0 aromatic carbocycles. The summed E-state index contributed by atoms with van der Waals surface area (Å²) in [6.45, 7) is 5.60. The Hall–Kier alpha value is -1.92. The number of ether oxygens (including phenoxy) is 1. The third kappa shape index (κ3) is 3.44. The second-order valence-corrected chi connectivity index (χ2v) is 6.99. The highest BCUT2D eigenvalue weighted by Gasteiger charge is 2.43. The van der Waals surface area contributed by atoms with Gasteiger partial charge in [0.15, 0.2) is 0 Å². The number of nitrogens with one attached hydrogen (secondary N) is 1. The van der Waals surface area contributed by atoms with Gasteiger partial charge in [0.05, 0.1) is 36.8 Å². The van der Waals surface area contributed by atoms with Gasteiger partial charge >= 0.3 is 0 Å². The number of nitrogens with zero attached hydrogens (tertiary/aromatic N) is 3. The third-order valence-corrected chi connectivity index (χ3v) is 4.94. The molecule has 0 unspecified atom stereocenters. The molecule has 6 nitrogen and oxygen atoms in total. The smallest absolute Gasteiger partial charge is 0.148 e. The molecular weight excluding hydrogens is 304 g/mol. The van der Waals surface area contributed by atoms with E-state index in [0.29, 0.717) is 6.04 Å². The van der Waals surface area contributed by atoms with Crippen molar-refractivity contribution in [1.82, 2.24) is 15.1 Å². The zero-order valence-electron chi connectivity index (χ0n) is 14.1. The summed E-state index contributed by atoms with van der Waals surface area (Å²) < 4.78 is 11.7. The first-order chi connectivity index (χ1) is 11.7. The highest BCUT2D eigenvalue weighted by atomic mass is 16.5. The van der Waals surface area contributed by atoms with Crippen LogP contribution in [-0.4, -0.2) is 46.4 Å². The monoisotopic (exact) mass is 328 g/mol. The summed E-state index contributed by atoms with van der Waals surface area (Å²) >= 11 is 0. The van der Waals surface area contributed by atoms with Crippen molar-refractivity contribution >= 4 is 5.82 Å². The Morgan fingerprint density at radius 2 is 2.29 bits per heavy atom. The molecule has 0 saturated carbocycles. The minimum absolute atomic E-state index is 0.0410. The predicted molar refractivity (Wildman–Crippen MR) is 90.7 cm³/mol. The summed E-state index contributed by atoms with van der Waals surface area (Å²) in [4.78, 5) is 2.44. The first kappa shape index (κ1) is 15.6. The maximum absolute atomic E-state index is 6.26. The number of piperidine rings is 1. The van der Waals surface area contributed by atoms with Crippen LogP contribution in [0.4, 0.5) is 5.82 Å². The fraction of sp³-hybridized carbons (Fsp3) is 0.556. The van der Waals surface area contributed by atoms with E-state index >= 15 is 0 Å². The molecule has 2 fully saturated rings. The van der Waals surface area contributed by atoms with Crippen LogP contribution >= 0.6 is 0 Å². The van der Waals surface area contributed by atoms with Crippen molar-refractivity contribution in [2.75, 3.05) is 25.0 Å². The standard InChI is InChI=1S/C18H24N4O2/c1-14-5-6-17(21-20-14)19-15-10-18(24-12-15)7-3-8-22(13-18)11-16-4-2-9-23-16/h2,4-6,9,15H,3,7-8,10-13H2,1H3,(H,19,21)/t15-,18+/m0/s1. The van der Waals surface area contributed by atoms with E-state index < -0.39 is 0 Å². The van der Waals surface area contributed by atoms with Crippen LogP contribution in [0, 0.1) is 6.92 Å². The third-order valence-electron chi connectivity index (χ3n) is 4.94. The molecule has 4 heterocycles. The summed E-state index contributed by atoms with van der Waals surface area (Å²) in [6, 6.07) is 8.25. The summed E-state index contributed by atoms with van der Waals surface area (Å²) in [5, 5.41) is 11.8. The van der Waals surface area contributed by atoms with Crippen LogP contribution in [-0.2, 0) is 11.3 Å².